The predicted molar refractivity (Wildman–Crippen MR) is 70.6 cm³/mol. The highest BCUT2D eigenvalue weighted by Gasteiger charge is 2.02. The van der Waals surface area contributed by atoms with Crippen LogP contribution in [-0.2, 0) is 20.7 Å². The summed E-state index contributed by atoms with van der Waals surface area (Å²) >= 11 is 0. The number of carboxylic acid groups (broad SMARTS) is 1. The van der Waals surface area contributed by atoms with Crippen molar-refractivity contribution in [3.8, 4) is 5.75 Å². The quantitative estimate of drug-likeness (QED) is 0.655. The molecule has 0 fully saturated rings. The van der Waals surface area contributed by atoms with Gasteiger partial charge < -0.3 is 19.3 Å². The summed E-state index contributed by atoms with van der Waals surface area (Å²) < 4.78 is 15.7. The predicted octanol–water partition coefficient (Wildman–Crippen LogP) is 1.75. The molecule has 0 amide bonds. The van der Waals surface area contributed by atoms with Crippen LogP contribution in [0.3, 0.4) is 0 Å². The van der Waals surface area contributed by atoms with Crippen LogP contribution in [0.1, 0.15) is 12.0 Å². The van der Waals surface area contributed by atoms with Crippen molar-refractivity contribution < 1.29 is 24.1 Å². The Morgan fingerprint density at radius 1 is 1.21 bits per heavy atom. The third-order valence-corrected chi connectivity index (χ3v) is 2.39. The second kappa shape index (κ2) is 9.35. The molecule has 106 valence electrons. The van der Waals surface area contributed by atoms with Gasteiger partial charge in [0.25, 0.3) is 0 Å². The fourth-order valence-corrected chi connectivity index (χ4v) is 1.52. The van der Waals surface area contributed by atoms with Crippen molar-refractivity contribution in [1.82, 2.24) is 0 Å². The number of hydrogen-bond acceptors (Lipinski definition) is 4. The molecule has 1 N–H and O–H groups in total. The zero-order valence-electron chi connectivity index (χ0n) is 11.1. The Morgan fingerprint density at radius 2 is 2.05 bits per heavy atom. The van der Waals surface area contributed by atoms with Gasteiger partial charge in [0.05, 0.1) is 26.2 Å². The minimum atomic E-state index is -0.844. The average Bonchev–Trinajstić information content (AvgIpc) is 2.37. The smallest absolute Gasteiger partial charge is 0.307 e. The molecule has 1 rings (SSSR count). The Balaban J connectivity index is 2.20. The standard InChI is InChI=1S/C14H20O5/c1-17-8-9-18-6-3-7-19-13-5-2-4-12(10-13)11-14(15)16/h2,4-5,10H,3,6-9,11H2,1H3,(H,15,16). The van der Waals surface area contributed by atoms with Gasteiger partial charge in [-0.3, -0.25) is 4.79 Å². The molecule has 0 radical (unpaired) electrons. The minimum absolute atomic E-state index is 0.0112. The lowest BCUT2D eigenvalue weighted by molar-refractivity contribution is -0.136. The maximum absolute atomic E-state index is 10.6. The lowest BCUT2D eigenvalue weighted by Gasteiger charge is -2.08. The monoisotopic (exact) mass is 268 g/mol. The second-order valence-corrected chi connectivity index (χ2v) is 4.03. The molecule has 0 bridgehead atoms. The molecule has 0 aromatic heterocycles. The molecule has 5 heteroatoms. The van der Waals surface area contributed by atoms with Crippen LogP contribution in [0.15, 0.2) is 24.3 Å². The summed E-state index contributed by atoms with van der Waals surface area (Å²) in [5.74, 6) is -0.153. The van der Waals surface area contributed by atoms with E-state index in [1.165, 1.54) is 0 Å². The highest BCUT2D eigenvalue weighted by Crippen LogP contribution is 2.14. The molecule has 0 aliphatic rings. The van der Waals surface area contributed by atoms with E-state index in [4.69, 9.17) is 19.3 Å². The summed E-state index contributed by atoms with van der Waals surface area (Å²) in [6.07, 6.45) is 0.796. The Morgan fingerprint density at radius 3 is 2.79 bits per heavy atom. The van der Waals surface area contributed by atoms with Gasteiger partial charge in [-0.2, -0.15) is 0 Å². The van der Waals surface area contributed by atoms with Gasteiger partial charge in [-0.1, -0.05) is 12.1 Å². The summed E-state index contributed by atoms with van der Waals surface area (Å²) in [7, 11) is 1.64. The van der Waals surface area contributed by atoms with E-state index in [0.717, 1.165) is 12.0 Å². The van der Waals surface area contributed by atoms with Crippen molar-refractivity contribution >= 4 is 5.97 Å². The highest BCUT2D eigenvalue weighted by atomic mass is 16.5. The van der Waals surface area contributed by atoms with E-state index in [2.05, 4.69) is 0 Å². The van der Waals surface area contributed by atoms with Crippen LogP contribution >= 0.6 is 0 Å². The second-order valence-electron chi connectivity index (χ2n) is 4.03. The minimum Gasteiger partial charge on any atom is -0.493 e. The van der Waals surface area contributed by atoms with Crippen molar-refractivity contribution in [2.75, 3.05) is 33.5 Å². The SMILES string of the molecule is COCCOCCCOc1cccc(CC(=O)O)c1. The normalized spacial score (nSPS) is 10.4. The van der Waals surface area contributed by atoms with E-state index in [9.17, 15) is 4.79 Å². The number of hydrogen-bond donors (Lipinski definition) is 1. The van der Waals surface area contributed by atoms with Crippen molar-refractivity contribution in [3.05, 3.63) is 29.8 Å². The van der Waals surface area contributed by atoms with Gasteiger partial charge >= 0.3 is 5.97 Å². The summed E-state index contributed by atoms with van der Waals surface area (Å²) in [5.41, 5.74) is 0.737. The van der Waals surface area contributed by atoms with E-state index in [1.807, 2.05) is 6.07 Å². The third kappa shape index (κ3) is 7.43. The van der Waals surface area contributed by atoms with E-state index >= 15 is 0 Å². The first kappa shape index (κ1) is 15.5. The van der Waals surface area contributed by atoms with Gasteiger partial charge in [-0.05, 0) is 17.7 Å². The maximum Gasteiger partial charge on any atom is 0.307 e. The van der Waals surface area contributed by atoms with Crippen molar-refractivity contribution in [2.24, 2.45) is 0 Å². The number of aliphatic carboxylic acids is 1. The molecule has 0 saturated heterocycles. The van der Waals surface area contributed by atoms with E-state index in [0.29, 0.717) is 32.2 Å². The first-order valence-corrected chi connectivity index (χ1v) is 6.22. The van der Waals surface area contributed by atoms with Crippen LogP contribution in [0.25, 0.3) is 0 Å². The molecule has 1 aromatic rings. The van der Waals surface area contributed by atoms with E-state index < -0.39 is 5.97 Å². The highest BCUT2D eigenvalue weighted by molar-refractivity contribution is 5.70. The van der Waals surface area contributed by atoms with Crippen LogP contribution in [-0.4, -0.2) is 44.6 Å². The third-order valence-electron chi connectivity index (χ3n) is 2.39. The lowest BCUT2D eigenvalue weighted by atomic mass is 10.1. The molecule has 0 heterocycles. The first-order chi connectivity index (χ1) is 9.22. The van der Waals surface area contributed by atoms with Crippen molar-refractivity contribution in [1.29, 1.82) is 0 Å². The van der Waals surface area contributed by atoms with Crippen molar-refractivity contribution in [3.63, 3.8) is 0 Å². The molecule has 0 spiro atoms. The van der Waals surface area contributed by atoms with Crippen molar-refractivity contribution in [2.45, 2.75) is 12.8 Å². The van der Waals surface area contributed by atoms with Crippen LogP contribution in [0.4, 0.5) is 0 Å². The molecule has 0 aliphatic carbocycles. The topological polar surface area (TPSA) is 65.0 Å². The Bertz CT molecular complexity index is 378. The number of rotatable bonds is 10. The zero-order chi connectivity index (χ0) is 13.9. The molecule has 1 aromatic carbocycles. The molecule has 5 nitrogen and oxygen atoms in total. The number of carboxylic acids is 1. The summed E-state index contributed by atoms with van der Waals surface area (Å²) in [6, 6.07) is 7.13. The van der Waals surface area contributed by atoms with Gasteiger partial charge in [0, 0.05) is 20.1 Å². The molecular formula is C14H20O5. The fourth-order valence-electron chi connectivity index (χ4n) is 1.52. The Labute approximate surface area is 113 Å². The van der Waals surface area contributed by atoms with Crippen LogP contribution in [0.2, 0.25) is 0 Å². The summed E-state index contributed by atoms with van der Waals surface area (Å²) in [6.45, 7) is 2.35. The van der Waals surface area contributed by atoms with Crippen LogP contribution in [0.5, 0.6) is 5.75 Å². The fraction of sp³-hybridized carbons (Fsp3) is 0.500. The molecule has 0 atom stereocenters. The molecule has 19 heavy (non-hydrogen) atoms. The molecule has 0 aliphatic heterocycles. The molecule has 0 saturated carbocycles. The van der Waals surface area contributed by atoms with Gasteiger partial charge in [0.1, 0.15) is 5.75 Å². The zero-order valence-corrected chi connectivity index (χ0v) is 11.1. The van der Waals surface area contributed by atoms with Gasteiger partial charge in [0.15, 0.2) is 0 Å². The molecular weight excluding hydrogens is 248 g/mol. The summed E-state index contributed by atoms with van der Waals surface area (Å²) in [5, 5.41) is 8.71. The van der Waals surface area contributed by atoms with Crippen LogP contribution < -0.4 is 4.74 Å². The lowest BCUT2D eigenvalue weighted by Crippen LogP contribution is -2.07. The number of benzene rings is 1. The van der Waals surface area contributed by atoms with Gasteiger partial charge in [-0.25, -0.2) is 0 Å². The van der Waals surface area contributed by atoms with E-state index in [-0.39, 0.29) is 6.42 Å². The largest absolute Gasteiger partial charge is 0.493 e. The Hall–Kier alpha value is -1.59. The molecule has 0 unspecified atom stereocenters. The Kier molecular flexibility index (Phi) is 7.62. The number of methoxy groups -OCH3 is 1. The maximum atomic E-state index is 10.6. The first-order valence-electron chi connectivity index (χ1n) is 6.22. The van der Waals surface area contributed by atoms with Crippen LogP contribution in [0, 0.1) is 0 Å². The number of ether oxygens (including phenoxy) is 3. The van der Waals surface area contributed by atoms with Gasteiger partial charge in [0.2, 0.25) is 0 Å². The summed E-state index contributed by atoms with van der Waals surface area (Å²) in [4.78, 5) is 10.6. The average molecular weight is 268 g/mol. The number of carbonyl (C=O) groups is 1. The van der Waals surface area contributed by atoms with Gasteiger partial charge in [-0.15, -0.1) is 0 Å². The van der Waals surface area contributed by atoms with E-state index in [1.54, 1.807) is 25.3 Å².